The molecule has 1 heterocycles. The van der Waals surface area contributed by atoms with Gasteiger partial charge in [-0.3, -0.25) is 0 Å². The maximum absolute atomic E-state index is 13.2. The highest BCUT2D eigenvalue weighted by Gasteiger charge is 2.03. The maximum Gasteiger partial charge on any atom is 0.126 e. The molecular formula is C11H11FN2. The van der Waals surface area contributed by atoms with E-state index >= 15 is 0 Å². The second kappa shape index (κ2) is 3.62. The zero-order valence-electron chi connectivity index (χ0n) is 7.94. The van der Waals surface area contributed by atoms with Crippen molar-refractivity contribution in [3.63, 3.8) is 0 Å². The van der Waals surface area contributed by atoms with E-state index in [0.717, 1.165) is 5.69 Å². The van der Waals surface area contributed by atoms with Crippen LogP contribution in [0.25, 0.3) is 0 Å². The van der Waals surface area contributed by atoms with Crippen LogP contribution in [-0.2, 0) is 13.5 Å². The molecule has 72 valence electrons. The molecule has 2 aromatic rings. The highest BCUT2D eigenvalue weighted by molar-refractivity contribution is 5.22. The van der Waals surface area contributed by atoms with Crippen molar-refractivity contribution in [3.8, 4) is 0 Å². The van der Waals surface area contributed by atoms with Gasteiger partial charge in [0.15, 0.2) is 0 Å². The van der Waals surface area contributed by atoms with Gasteiger partial charge in [-0.2, -0.15) is 0 Å². The molecule has 3 heteroatoms. The van der Waals surface area contributed by atoms with Crippen molar-refractivity contribution >= 4 is 0 Å². The highest BCUT2D eigenvalue weighted by Crippen LogP contribution is 2.10. The van der Waals surface area contributed by atoms with Crippen molar-refractivity contribution in [2.45, 2.75) is 6.42 Å². The Labute approximate surface area is 82.0 Å². The third-order valence-corrected chi connectivity index (χ3v) is 2.09. The van der Waals surface area contributed by atoms with Crippen LogP contribution in [0.3, 0.4) is 0 Å². The van der Waals surface area contributed by atoms with Crippen molar-refractivity contribution in [1.82, 2.24) is 9.55 Å². The van der Waals surface area contributed by atoms with Gasteiger partial charge in [0, 0.05) is 19.7 Å². The van der Waals surface area contributed by atoms with Gasteiger partial charge >= 0.3 is 0 Å². The summed E-state index contributed by atoms with van der Waals surface area (Å²) in [5, 5.41) is 0. The lowest BCUT2D eigenvalue weighted by Crippen LogP contribution is -1.92. The van der Waals surface area contributed by atoms with Crippen LogP contribution >= 0.6 is 0 Å². The van der Waals surface area contributed by atoms with Crippen LogP contribution in [0.1, 0.15) is 11.3 Å². The second-order valence-electron chi connectivity index (χ2n) is 3.30. The predicted molar refractivity (Wildman–Crippen MR) is 52.4 cm³/mol. The fourth-order valence-corrected chi connectivity index (χ4v) is 1.40. The second-order valence-corrected chi connectivity index (χ2v) is 3.30. The minimum absolute atomic E-state index is 0.168. The van der Waals surface area contributed by atoms with E-state index in [1.54, 1.807) is 18.5 Å². The van der Waals surface area contributed by atoms with Gasteiger partial charge in [-0.05, 0) is 11.6 Å². The van der Waals surface area contributed by atoms with Crippen LogP contribution < -0.4 is 0 Å². The molecule has 0 unspecified atom stereocenters. The van der Waals surface area contributed by atoms with E-state index in [-0.39, 0.29) is 5.82 Å². The minimum Gasteiger partial charge on any atom is -0.340 e. The van der Waals surface area contributed by atoms with E-state index in [0.29, 0.717) is 12.0 Å². The summed E-state index contributed by atoms with van der Waals surface area (Å²) < 4.78 is 15.1. The van der Waals surface area contributed by atoms with Gasteiger partial charge in [-0.25, -0.2) is 9.37 Å². The van der Waals surface area contributed by atoms with E-state index in [2.05, 4.69) is 4.98 Å². The fourth-order valence-electron chi connectivity index (χ4n) is 1.40. The number of hydrogen-bond acceptors (Lipinski definition) is 1. The Morgan fingerprint density at radius 1 is 1.36 bits per heavy atom. The van der Waals surface area contributed by atoms with E-state index in [1.165, 1.54) is 6.07 Å². The number of rotatable bonds is 2. The third kappa shape index (κ3) is 1.82. The van der Waals surface area contributed by atoms with Gasteiger partial charge in [0.1, 0.15) is 5.82 Å². The monoisotopic (exact) mass is 190 g/mol. The molecule has 0 atom stereocenters. The lowest BCUT2D eigenvalue weighted by Gasteiger charge is -1.99. The van der Waals surface area contributed by atoms with Crippen molar-refractivity contribution in [2.75, 3.05) is 0 Å². The molecule has 1 aromatic heterocycles. The zero-order valence-corrected chi connectivity index (χ0v) is 7.94. The molecule has 0 aliphatic rings. The van der Waals surface area contributed by atoms with E-state index in [4.69, 9.17) is 0 Å². The van der Waals surface area contributed by atoms with Crippen molar-refractivity contribution in [3.05, 3.63) is 53.9 Å². The Hall–Kier alpha value is -1.64. The first kappa shape index (κ1) is 8.94. The first-order valence-electron chi connectivity index (χ1n) is 4.46. The van der Waals surface area contributed by atoms with Gasteiger partial charge in [-0.15, -0.1) is 0 Å². The van der Waals surface area contributed by atoms with E-state index in [1.807, 2.05) is 23.9 Å². The topological polar surface area (TPSA) is 17.8 Å². The van der Waals surface area contributed by atoms with Crippen molar-refractivity contribution in [2.24, 2.45) is 7.05 Å². The third-order valence-electron chi connectivity index (χ3n) is 2.09. The largest absolute Gasteiger partial charge is 0.340 e. The number of aromatic nitrogens is 2. The smallest absolute Gasteiger partial charge is 0.126 e. The average Bonchev–Trinajstić information content (AvgIpc) is 2.56. The predicted octanol–water partition coefficient (Wildman–Crippen LogP) is 2.15. The standard InChI is InChI=1S/C11H11FN2/c1-14-7-10(13-8-14)6-9-4-2-3-5-11(9)12/h2-5,7-8H,6H2,1H3. The van der Waals surface area contributed by atoms with Crippen LogP contribution in [-0.4, -0.2) is 9.55 Å². The summed E-state index contributed by atoms with van der Waals surface area (Å²) in [4.78, 5) is 4.15. The van der Waals surface area contributed by atoms with Crippen LogP contribution in [0.2, 0.25) is 0 Å². The molecule has 0 bridgehead atoms. The highest BCUT2D eigenvalue weighted by atomic mass is 19.1. The van der Waals surface area contributed by atoms with Crippen LogP contribution in [0, 0.1) is 5.82 Å². The fraction of sp³-hybridized carbons (Fsp3) is 0.182. The Balaban J connectivity index is 2.23. The maximum atomic E-state index is 13.2. The lowest BCUT2D eigenvalue weighted by atomic mass is 10.1. The molecule has 2 rings (SSSR count). The first-order valence-corrected chi connectivity index (χ1v) is 4.46. The molecule has 0 amide bonds. The normalized spacial score (nSPS) is 10.4. The minimum atomic E-state index is -0.168. The van der Waals surface area contributed by atoms with Crippen LogP contribution in [0.5, 0.6) is 0 Å². The molecule has 0 radical (unpaired) electrons. The molecule has 0 fully saturated rings. The summed E-state index contributed by atoms with van der Waals surface area (Å²) in [6.07, 6.45) is 4.16. The van der Waals surface area contributed by atoms with Gasteiger partial charge < -0.3 is 4.57 Å². The molecule has 0 aliphatic heterocycles. The van der Waals surface area contributed by atoms with E-state index in [9.17, 15) is 4.39 Å². The molecule has 0 spiro atoms. The number of halogens is 1. The van der Waals surface area contributed by atoms with Crippen molar-refractivity contribution in [1.29, 1.82) is 0 Å². The average molecular weight is 190 g/mol. The van der Waals surface area contributed by atoms with Crippen LogP contribution in [0.4, 0.5) is 4.39 Å². The Bertz CT molecular complexity index is 434. The summed E-state index contributed by atoms with van der Waals surface area (Å²) in [5.74, 6) is -0.168. The number of aryl methyl sites for hydroxylation is 1. The van der Waals surface area contributed by atoms with Gasteiger partial charge in [-0.1, -0.05) is 18.2 Å². The molecule has 1 aromatic carbocycles. The molecule has 0 aliphatic carbocycles. The molecule has 0 saturated heterocycles. The summed E-state index contributed by atoms with van der Waals surface area (Å²) in [7, 11) is 1.90. The van der Waals surface area contributed by atoms with E-state index < -0.39 is 0 Å². The number of nitrogens with zero attached hydrogens (tertiary/aromatic N) is 2. The lowest BCUT2D eigenvalue weighted by molar-refractivity contribution is 0.613. The van der Waals surface area contributed by atoms with Gasteiger partial charge in [0.2, 0.25) is 0 Å². The Morgan fingerprint density at radius 2 is 2.14 bits per heavy atom. The zero-order chi connectivity index (χ0) is 9.97. The van der Waals surface area contributed by atoms with Crippen LogP contribution in [0.15, 0.2) is 36.8 Å². The quantitative estimate of drug-likeness (QED) is 0.709. The first-order chi connectivity index (χ1) is 6.75. The number of imidazole rings is 1. The summed E-state index contributed by atoms with van der Waals surface area (Å²) in [6.45, 7) is 0. The summed E-state index contributed by atoms with van der Waals surface area (Å²) >= 11 is 0. The van der Waals surface area contributed by atoms with Crippen molar-refractivity contribution < 1.29 is 4.39 Å². The Morgan fingerprint density at radius 3 is 2.79 bits per heavy atom. The molecule has 0 saturated carbocycles. The number of benzene rings is 1. The van der Waals surface area contributed by atoms with Gasteiger partial charge in [0.25, 0.3) is 0 Å². The summed E-state index contributed by atoms with van der Waals surface area (Å²) in [6, 6.07) is 6.78. The molecule has 14 heavy (non-hydrogen) atoms. The Kier molecular flexibility index (Phi) is 2.31. The molecular weight excluding hydrogens is 179 g/mol. The molecule has 2 nitrogen and oxygen atoms in total. The number of hydrogen-bond donors (Lipinski definition) is 0. The van der Waals surface area contributed by atoms with Gasteiger partial charge in [0.05, 0.1) is 12.0 Å². The SMILES string of the molecule is Cn1cnc(Cc2ccccc2F)c1. The summed E-state index contributed by atoms with van der Waals surface area (Å²) in [5.41, 5.74) is 1.57. The molecule has 0 N–H and O–H groups in total.